The van der Waals surface area contributed by atoms with E-state index in [1.165, 1.54) is 7.11 Å². The minimum atomic E-state index is -0.0561. The number of hydrogen-bond acceptors (Lipinski definition) is 2. The maximum Gasteiger partial charge on any atom is 0.308 e. The fourth-order valence-electron chi connectivity index (χ4n) is 0.858. The van der Waals surface area contributed by atoms with Crippen LogP contribution in [0.3, 0.4) is 0 Å². The highest BCUT2D eigenvalue weighted by atomic mass is 79.9. The monoisotopic (exact) mass is 192 g/mol. The Kier molecular flexibility index (Phi) is 2.11. The maximum atomic E-state index is 10.7. The van der Waals surface area contributed by atoms with Gasteiger partial charge in [0.25, 0.3) is 0 Å². The van der Waals surface area contributed by atoms with Crippen molar-refractivity contribution in [3.63, 3.8) is 0 Å². The summed E-state index contributed by atoms with van der Waals surface area (Å²) in [6.07, 6.45) is 0.998. The third-order valence-corrected chi connectivity index (χ3v) is 2.46. The van der Waals surface area contributed by atoms with Crippen LogP contribution in [0.5, 0.6) is 0 Å². The first-order valence-electron chi connectivity index (χ1n) is 2.93. The summed E-state index contributed by atoms with van der Waals surface area (Å²) in [5.74, 6) is 0.672. The summed E-state index contributed by atoms with van der Waals surface area (Å²) in [6.45, 7) is 0. The molecule has 0 aromatic carbocycles. The molecule has 0 bridgehead atoms. The second-order valence-electron chi connectivity index (χ2n) is 2.28. The fraction of sp³-hybridized carbons (Fsp3) is 0.833. The Morgan fingerprint density at radius 3 is 2.89 bits per heavy atom. The number of methoxy groups -OCH3 is 1. The Balaban J connectivity index is 2.25. The topological polar surface area (TPSA) is 26.3 Å². The highest BCUT2D eigenvalue weighted by molar-refractivity contribution is 9.09. The molecule has 0 aromatic heterocycles. The van der Waals surface area contributed by atoms with Gasteiger partial charge in [0.15, 0.2) is 0 Å². The van der Waals surface area contributed by atoms with Crippen LogP contribution in [0.25, 0.3) is 0 Å². The SMILES string of the molecule is COC(=O)C1CC1CBr. The van der Waals surface area contributed by atoms with Crippen molar-refractivity contribution in [1.82, 2.24) is 0 Å². The number of alkyl halides is 1. The highest BCUT2D eigenvalue weighted by Crippen LogP contribution is 2.40. The molecule has 2 atom stereocenters. The normalized spacial score (nSPS) is 31.8. The zero-order valence-corrected chi connectivity index (χ0v) is 6.85. The van der Waals surface area contributed by atoms with Gasteiger partial charge in [-0.05, 0) is 12.3 Å². The van der Waals surface area contributed by atoms with Crippen molar-refractivity contribution >= 4 is 21.9 Å². The Morgan fingerprint density at radius 2 is 2.56 bits per heavy atom. The largest absolute Gasteiger partial charge is 0.469 e. The maximum absolute atomic E-state index is 10.7. The van der Waals surface area contributed by atoms with Crippen LogP contribution in [0.2, 0.25) is 0 Å². The lowest BCUT2D eigenvalue weighted by atomic mass is 10.3. The molecule has 2 nitrogen and oxygen atoms in total. The van der Waals surface area contributed by atoms with Gasteiger partial charge < -0.3 is 4.74 Å². The average molecular weight is 193 g/mol. The van der Waals surface area contributed by atoms with Crippen LogP contribution in [-0.2, 0) is 9.53 Å². The molecule has 3 heteroatoms. The van der Waals surface area contributed by atoms with Crippen molar-refractivity contribution in [2.75, 3.05) is 12.4 Å². The van der Waals surface area contributed by atoms with E-state index in [2.05, 4.69) is 20.7 Å². The predicted octanol–water partition coefficient (Wildman–Crippen LogP) is 1.19. The number of carbonyl (C=O) groups excluding carboxylic acids is 1. The van der Waals surface area contributed by atoms with Crippen molar-refractivity contribution in [2.24, 2.45) is 11.8 Å². The molecule has 9 heavy (non-hydrogen) atoms. The molecule has 0 aromatic rings. The number of ether oxygens (including phenoxy) is 1. The number of halogens is 1. The van der Waals surface area contributed by atoms with Crippen molar-refractivity contribution in [2.45, 2.75) is 6.42 Å². The van der Waals surface area contributed by atoms with E-state index < -0.39 is 0 Å². The van der Waals surface area contributed by atoms with Gasteiger partial charge >= 0.3 is 5.97 Å². The van der Waals surface area contributed by atoms with Gasteiger partial charge in [0.05, 0.1) is 13.0 Å². The first kappa shape index (κ1) is 7.06. The van der Waals surface area contributed by atoms with Crippen LogP contribution in [0.4, 0.5) is 0 Å². The molecule has 1 aliphatic carbocycles. The van der Waals surface area contributed by atoms with Gasteiger partial charge in [-0.3, -0.25) is 4.79 Å². The Hall–Kier alpha value is -0.0500. The van der Waals surface area contributed by atoms with Gasteiger partial charge in [0.2, 0.25) is 0 Å². The Morgan fingerprint density at radius 1 is 1.89 bits per heavy atom. The summed E-state index contributed by atoms with van der Waals surface area (Å²) >= 11 is 3.31. The molecule has 0 aliphatic heterocycles. The molecule has 0 spiro atoms. The smallest absolute Gasteiger partial charge is 0.308 e. The van der Waals surface area contributed by atoms with E-state index in [1.54, 1.807) is 0 Å². The molecule has 1 rings (SSSR count). The van der Waals surface area contributed by atoms with Crippen LogP contribution in [0, 0.1) is 11.8 Å². The third kappa shape index (κ3) is 1.45. The van der Waals surface area contributed by atoms with Crippen molar-refractivity contribution in [1.29, 1.82) is 0 Å². The second kappa shape index (κ2) is 2.69. The van der Waals surface area contributed by atoms with Crippen LogP contribution >= 0.6 is 15.9 Å². The van der Waals surface area contributed by atoms with E-state index in [-0.39, 0.29) is 11.9 Å². The quantitative estimate of drug-likeness (QED) is 0.486. The first-order valence-corrected chi connectivity index (χ1v) is 4.05. The van der Waals surface area contributed by atoms with Gasteiger partial charge in [0, 0.05) is 5.33 Å². The van der Waals surface area contributed by atoms with Crippen LogP contribution in [0.15, 0.2) is 0 Å². The minimum Gasteiger partial charge on any atom is -0.469 e. The van der Waals surface area contributed by atoms with Crippen LogP contribution in [-0.4, -0.2) is 18.4 Å². The second-order valence-corrected chi connectivity index (χ2v) is 2.93. The molecular weight excluding hydrogens is 184 g/mol. The number of carbonyl (C=O) groups is 1. The Bertz CT molecular complexity index is 124. The van der Waals surface area contributed by atoms with E-state index in [1.807, 2.05) is 0 Å². The fourth-order valence-corrected chi connectivity index (χ4v) is 1.57. The molecule has 1 saturated carbocycles. The lowest BCUT2D eigenvalue weighted by Crippen LogP contribution is -2.04. The molecule has 0 amide bonds. The van der Waals surface area contributed by atoms with E-state index in [9.17, 15) is 4.79 Å². The van der Waals surface area contributed by atoms with E-state index >= 15 is 0 Å². The molecule has 0 radical (unpaired) electrons. The summed E-state index contributed by atoms with van der Waals surface area (Å²) in [6, 6.07) is 0. The molecule has 1 aliphatic rings. The molecule has 0 heterocycles. The minimum absolute atomic E-state index is 0.0561. The predicted molar refractivity (Wildman–Crippen MR) is 37.4 cm³/mol. The van der Waals surface area contributed by atoms with E-state index in [0.29, 0.717) is 5.92 Å². The molecule has 1 fully saturated rings. The number of hydrogen-bond donors (Lipinski definition) is 0. The molecule has 2 unspecified atom stereocenters. The lowest BCUT2D eigenvalue weighted by molar-refractivity contribution is -0.142. The summed E-state index contributed by atoms with van der Waals surface area (Å²) in [7, 11) is 1.44. The number of rotatable bonds is 2. The standard InChI is InChI=1S/C6H9BrO2/c1-9-6(8)5-2-4(5)3-7/h4-5H,2-3H2,1H3. The van der Waals surface area contributed by atoms with Gasteiger partial charge in [-0.15, -0.1) is 0 Å². The van der Waals surface area contributed by atoms with Crippen LogP contribution in [0.1, 0.15) is 6.42 Å². The summed E-state index contributed by atoms with van der Waals surface area (Å²) in [4.78, 5) is 10.7. The number of esters is 1. The summed E-state index contributed by atoms with van der Waals surface area (Å²) < 4.78 is 4.55. The van der Waals surface area contributed by atoms with Crippen molar-refractivity contribution < 1.29 is 9.53 Å². The Labute approximate surface area is 62.7 Å². The molecule has 0 saturated heterocycles. The zero-order chi connectivity index (χ0) is 6.85. The van der Waals surface area contributed by atoms with Crippen LogP contribution < -0.4 is 0 Å². The lowest BCUT2D eigenvalue weighted by Gasteiger charge is -1.92. The third-order valence-electron chi connectivity index (χ3n) is 1.62. The first-order chi connectivity index (χ1) is 4.29. The van der Waals surface area contributed by atoms with Gasteiger partial charge in [-0.25, -0.2) is 0 Å². The summed E-state index contributed by atoms with van der Waals surface area (Å²) in [5.41, 5.74) is 0. The van der Waals surface area contributed by atoms with Gasteiger partial charge in [-0.1, -0.05) is 15.9 Å². The average Bonchev–Trinajstić information content (AvgIpc) is 2.64. The van der Waals surface area contributed by atoms with Crippen molar-refractivity contribution in [3.8, 4) is 0 Å². The van der Waals surface area contributed by atoms with Gasteiger partial charge in [-0.2, -0.15) is 0 Å². The van der Waals surface area contributed by atoms with Gasteiger partial charge in [0.1, 0.15) is 0 Å². The van der Waals surface area contributed by atoms with E-state index in [0.717, 1.165) is 11.8 Å². The van der Waals surface area contributed by atoms with Crippen molar-refractivity contribution in [3.05, 3.63) is 0 Å². The highest BCUT2D eigenvalue weighted by Gasteiger charge is 2.42. The molecule has 52 valence electrons. The zero-order valence-electron chi connectivity index (χ0n) is 5.26. The molecule has 0 N–H and O–H groups in total. The van der Waals surface area contributed by atoms with E-state index in [4.69, 9.17) is 0 Å². The summed E-state index contributed by atoms with van der Waals surface area (Å²) in [5, 5.41) is 0.923. The molecular formula is C6H9BrO2.